The van der Waals surface area contributed by atoms with Gasteiger partial charge in [0.1, 0.15) is 5.75 Å². The topological polar surface area (TPSA) is 82.0 Å². The van der Waals surface area contributed by atoms with Crippen molar-refractivity contribution in [1.29, 1.82) is 5.26 Å². The van der Waals surface area contributed by atoms with E-state index in [1.165, 1.54) is 11.3 Å². The Kier molecular flexibility index (Phi) is 5.33. The van der Waals surface area contributed by atoms with Crippen LogP contribution in [0.2, 0.25) is 0 Å². The molecule has 0 saturated carbocycles. The van der Waals surface area contributed by atoms with E-state index in [-0.39, 0.29) is 0 Å². The molecule has 29 heavy (non-hydrogen) atoms. The molecule has 0 aliphatic heterocycles. The number of benzene rings is 2. The van der Waals surface area contributed by atoms with Gasteiger partial charge in [0.25, 0.3) is 0 Å². The second-order valence-corrected chi connectivity index (χ2v) is 7.86. The second-order valence-electron chi connectivity index (χ2n) is 6.14. The van der Waals surface area contributed by atoms with Crippen LogP contribution in [-0.2, 0) is 6.54 Å². The summed E-state index contributed by atoms with van der Waals surface area (Å²) in [6.07, 6.45) is 2.84. The molecule has 0 radical (unpaired) electrons. The number of nitriles is 1. The lowest BCUT2D eigenvalue weighted by Crippen LogP contribution is -2.33. The number of hydrogen-bond donors (Lipinski definition) is 1. The standard InChI is InChI=1S/C21H14N4O2S2/c22-12-14-1-4-17(5-2-14)27-21(26)25(13-15-7-9-23-10-8-15)16-3-6-18-19(11-16)29-20(28)24-18/h1-11H,13H2,(H,24,28). The van der Waals surface area contributed by atoms with Crippen molar-refractivity contribution in [1.82, 2.24) is 9.97 Å². The minimum absolute atomic E-state index is 0.318. The van der Waals surface area contributed by atoms with Gasteiger partial charge in [0, 0.05) is 18.1 Å². The third kappa shape index (κ3) is 4.32. The van der Waals surface area contributed by atoms with E-state index in [1.807, 2.05) is 36.4 Å². The maximum absolute atomic E-state index is 13.0. The number of aromatic amines is 1. The Morgan fingerprint density at radius 2 is 1.93 bits per heavy atom. The van der Waals surface area contributed by atoms with Gasteiger partial charge in [-0.25, -0.2) is 4.79 Å². The van der Waals surface area contributed by atoms with Crippen molar-refractivity contribution in [3.8, 4) is 11.8 Å². The molecule has 0 unspecified atom stereocenters. The average Bonchev–Trinajstić information content (AvgIpc) is 3.12. The molecule has 2 aromatic heterocycles. The third-order valence-corrected chi connectivity index (χ3v) is 5.41. The lowest BCUT2D eigenvalue weighted by molar-refractivity contribution is 0.207. The smallest absolute Gasteiger partial charge is 0.410 e. The van der Waals surface area contributed by atoms with E-state index in [0.29, 0.717) is 27.5 Å². The minimum Gasteiger partial charge on any atom is -0.410 e. The van der Waals surface area contributed by atoms with Crippen molar-refractivity contribution in [3.63, 3.8) is 0 Å². The molecule has 0 saturated heterocycles. The van der Waals surface area contributed by atoms with E-state index in [2.05, 4.69) is 9.97 Å². The Hall–Kier alpha value is -3.54. The molecule has 0 atom stereocenters. The molecule has 0 fully saturated rings. The number of nitrogens with zero attached hydrogens (tertiary/aromatic N) is 3. The molecular formula is C21H14N4O2S2. The van der Waals surface area contributed by atoms with Gasteiger partial charge < -0.3 is 9.72 Å². The van der Waals surface area contributed by atoms with E-state index >= 15 is 0 Å². The van der Waals surface area contributed by atoms with Crippen LogP contribution in [0.1, 0.15) is 11.1 Å². The Morgan fingerprint density at radius 1 is 1.17 bits per heavy atom. The van der Waals surface area contributed by atoms with Crippen LogP contribution in [-0.4, -0.2) is 16.1 Å². The van der Waals surface area contributed by atoms with Crippen LogP contribution in [0, 0.1) is 15.3 Å². The SMILES string of the molecule is N#Cc1ccc(OC(=O)N(Cc2ccncc2)c2ccc3[nH]c(=S)sc3c2)cc1. The first-order chi connectivity index (χ1) is 14.1. The highest BCUT2D eigenvalue weighted by atomic mass is 32.1. The molecule has 1 amide bonds. The molecule has 2 aromatic carbocycles. The van der Waals surface area contributed by atoms with Gasteiger partial charge >= 0.3 is 6.09 Å². The number of carbonyl (C=O) groups excluding carboxylic acids is 1. The van der Waals surface area contributed by atoms with Gasteiger partial charge in [-0.1, -0.05) is 0 Å². The zero-order valence-corrected chi connectivity index (χ0v) is 16.7. The maximum Gasteiger partial charge on any atom is 0.420 e. The number of fused-ring (bicyclic) bond motifs is 1. The summed E-state index contributed by atoms with van der Waals surface area (Å²) in [6, 6.07) is 17.8. The molecule has 0 spiro atoms. The molecule has 0 aliphatic rings. The molecule has 142 valence electrons. The predicted octanol–water partition coefficient (Wildman–Crippen LogP) is 5.43. The van der Waals surface area contributed by atoms with E-state index in [0.717, 1.165) is 15.8 Å². The minimum atomic E-state index is -0.523. The van der Waals surface area contributed by atoms with E-state index in [4.69, 9.17) is 22.2 Å². The Balaban J connectivity index is 1.67. The Labute approximate surface area is 175 Å². The molecule has 0 aliphatic carbocycles. The monoisotopic (exact) mass is 418 g/mol. The van der Waals surface area contributed by atoms with E-state index in [9.17, 15) is 4.79 Å². The quantitative estimate of drug-likeness (QED) is 0.447. The molecule has 1 N–H and O–H groups in total. The first-order valence-electron chi connectivity index (χ1n) is 8.64. The molecule has 2 heterocycles. The number of nitrogens with one attached hydrogen (secondary N) is 1. The van der Waals surface area contributed by atoms with Crippen molar-refractivity contribution in [2.75, 3.05) is 4.90 Å². The lowest BCUT2D eigenvalue weighted by Gasteiger charge is -2.22. The lowest BCUT2D eigenvalue weighted by atomic mass is 10.2. The maximum atomic E-state index is 13.0. The molecule has 4 rings (SSSR count). The predicted molar refractivity (Wildman–Crippen MR) is 115 cm³/mol. The molecule has 0 bridgehead atoms. The number of amides is 1. The van der Waals surface area contributed by atoms with Crippen LogP contribution in [0.25, 0.3) is 10.2 Å². The number of rotatable bonds is 4. The average molecular weight is 419 g/mol. The summed E-state index contributed by atoms with van der Waals surface area (Å²) in [6.45, 7) is 0.318. The number of carbonyl (C=O) groups is 1. The summed E-state index contributed by atoms with van der Waals surface area (Å²) in [5, 5.41) is 8.92. The fourth-order valence-electron chi connectivity index (χ4n) is 2.79. The molecule has 4 aromatic rings. The summed E-state index contributed by atoms with van der Waals surface area (Å²) < 4.78 is 7.19. The van der Waals surface area contributed by atoms with Gasteiger partial charge in [0.2, 0.25) is 0 Å². The normalized spacial score (nSPS) is 10.4. The van der Waals surface area contributed by atoms with Gasteiger partial charge in [0.15, 0.2) is 3.95 Å². The fourth-order valence-corrected chi connectivity index (χ4v) is 3.94. The van der Waals surface area contributed by atoms with Gasteiger partial charge in [-0.15, -0.1) is 11.3 Å². The highest BCUT2D eigenvalue weighted by Gasteiger charge is 2.19. The number of thiazole rings is 1. The highest BCUT2D eigenvalue weighted by Crippen LogP contribution is 2.27. The van der Waals surface area contributed by atoms with Crippen molar-refractivity contribution >= 4 is 45.6 Å². The van der Waals surface area contributed by atoms with Gasteiger partial charge in [-0.3, -0.25) is 9.88 Å². The third-order valence-electron chi connectivity index (χ3n) is 4.22. The van der Waals surface area contributed by atoms with Crippen LogP contribution >= 0.6 is 23.6 Å². The van der Waals surface area contributed by atoms with Crippen LogP contribution in [0.4, 0.5) is 10.5 Å². The number of pyridine rings is 1. The zero-order valence-electron chi connectivity index (χ0n) is 15.0. The Bertz CT molecular complexity index is 1260. The van der Waals surface area contributed by atoms with Gasteiger partial charge in [0.05, 0.1) is 28.4 Å². The van der Waals surface area contributed by atoms with Gasteiger partial charge in [-0.2, -0.15) is 5.26 Å². The zero-order chi connectivity index (χ0) is 20.2. The largest absolute Gasteiger partial charge is 0.420 e. The fraction of sp³-hybridized carbons (Fsp3) is 0.0476. The van der Waals surface area contributed by atoms with Crippen molar-refractivity contribution in [2.24, 2.45) is 0 Å². The van der Waals surface area contributed by atoms with Crippen LogP contribution in [0.5, 0.6) is 5.75 Å². The summed E-state index contributed by atoms with van der Waals surface area (Å²) >= 11 is 6.66. The van der Waals surface area contributed by atoms with E-state index in [1.54, 1.807) is 41.6 Å². The van der Waals surface area contributed by atoms with Gasteiger partial charge in [-0.05, 0) is 72.4 Å². The first kappa shape index (κ1) is 18.8. The summed E-state index contributed by atoms with van der Waals surface area (Å²) in [5.74, 6) is 0.368. The number of anilines is 1. The summed E-state index contributed by atoms with van der Waals surface area (Å²) in [4.78, 5) is 21.7. The molecule has 8 heteroatoms. The van der Waals surface area contributed by atoms with Crippen molar-refractivity contribution in [2.45, 2.75) is 6.54 Å². The number of aromatic nitrogens is 2. The summed E-state index contributed by atoms with van der Waals surface area (Å²) in [7, 11) is 0. The van der Waals surface area contributed by atoms with E-state index < -0.39 is 6.09 Å². The van der Waals surface area contributed by atoms with Crippen molar-refractivity contribution in [3.05, 3.63) is 82.1 Å². The summed E-state index contributed by atoms with van der Waals surface area (Å²) in [5.41, 5.74) is 3.03. The highest BCUT2D eigenvalue weighted by molar-refractivity contribution is 7.73. The molecular weight excluding hydrogens is 404 g/mol. The van der Waals surface area contributed by atoms with Crippen LogP contribution < -0.4 is 9.64 Å². The van der Waals surface area contributed by atoms with Crippen molar-refractivity contribution < 1.29 is 9.53 Å². The number of hydrogen-bond acceptors (Lipinski definition) is 6. The second kappa shape index (κ2) is 8.22. The Morgan fingerprint density at radius 3 is 2.66 bits per heavy atom. The van der Waals surface area contributed by atoms with Crippen LogP contribution in [0.15, 0.2) is 67.0 Å². The number of H-pyrrole nitrogens is 1. The number of ether oxygens (including phenoxy) is 1. The molecule has 6 nitrogen and oxygen atoms in total. The van der Waals surface area contributed by atoms with Crippen LogP contribution in [0.3, 0.4) is 0 Å². The first-order valence-corrected chi connectivity index (χ1v) is 9.86.